The Balaban J connectivity index is 2.65. The van der Waals surface area contributed by atoms with E-state index < -0.39 is 0 Å². The lowest BCUT2D eigenvalue weighted by Crippen LogP contribution is -2.13. The molecule has 2 heteroatoms. The molecule has 0 saturated heterocycles. The molecule has 16 heavy (non-hydrogen) atoms. The first-order valence-corrected chi connectivity index (χ1v) is 5.93. The first-order chi connectivity index (χ1) is 7.49. The first-order valence-electron chi connectivity index (χ1n) is 5.93. The SMILES string of the molecule is CC(C)c1cc(F)cc(CCCN(C)C)c1. The van der Waals surface area contributed by atoms with Gasteiger partial charge in [-0.1, -0.05) is 19.9 Å². The summed E-state index contributed by atoms with van der Waals surface area (Å²) in [4.78, 5) is 2.16. The highest BCUT2D eigenvalue weighted by Crippen LogP contribution is 2.18. The van der Waals surface area contributed by atoms with Crippen LogP contribution >= 0.6 is 0 Å². The van der Waals surface area contributed by atoms with Crippen molar-refractivity contribution in [2.45, 2.75) is 32.6 Å². The number of halogens is 1. The second kappa shape index (κ2) is 6.00. The lowest BCUT2D eigenvalue weighted by molar-refractivity contribution is 0.400. The van der Waals surface area contributed by atoms with Crippen LogP contribution in [0.4, 0.5) is 4.39 Å². The maximum Gasteiger partial charge on any atom is 0.123 e. The lowest BCUT2D eigenvalue weighted by Gasteiger charge is -2.11. The van der Waals surface area contributed by atoms with Crippen molar-refractivity contribution in [1.82, 2.24) is 4.90 Å². The zero-order valence-electron chi connectivity index (χ0n) is 10.8. The van der Waals surface area contributed by atoms with Crippen LogP contribution in [-0.4, -0.2) is 25.5 Å². The van der Waals surface area contributed by atoms with E-state index in [4.69, 9.17) is 0 Å². The topological polar surface area (TPSA) is 3.24 Å². The Morgan fingerprint density at radius 3 is 2.44 bits per heavy atom. The standard InChI is InChI=1S/C14H22FN/c1-11(2)13-8-12(9-14(15)10-13)6-5-7-16(3)4/h8-11H,5-7H2,1-4H3. The molecule has 1 rings (SSSR count). The molecule has 0 aromatic heterocycles. The molecule has 1 aromatic carbocycles. The van der Waals surface area contributed by atoms with Crippen LogP contribution in [0.25, 0.3) is 0 Å². The number of rotatable bonds is 5. The Morgan fingerprint density at radius 1 is 1.19 bits per heavy atom. The van der Waals surface area contributed by atoms with Gasteiger partial charge < -0.3 is 4.90 Å². The van der Waals surface area contributed by atoms with Crippen molar-refractivity contribution < 1.29 is 4.39 Å². The summed E-state index contributed by atoms with van der Waals surface area (Å²) in [6, 6.07) is 5.42. The molecule has 1 nitrogen and oxygen atoms in total. The average molecular weight is 223 g/mol. The van der Waals surface area contributed by atoms with E-state index >= 15 is 0 Å². The van der Waals surface area contributed by atoms with Crippen LogP contribution in [0.2, 0.25) is 0 Å². The summed E-state index contributed by atoms with van der Waals surface area (Å²) in [6.07, 6.45) is 2.03. The molecular weight excluding hydrogens is 201 g/mol. The van der Waals surface area contributed by atoms with Crippen LogP contribution in [-0.2, 0) is 6.42 Å². The van der Waals surface area contributed by atoms with Crippen LogP contribution in [0, 0.1) is 5.82 Å². The molecule has 0 fully saturated rings. The molecule has 0 amide bonds. The zero-order valence-corrected chi connectivity index (χ0v) is 10.8. The molecule has 0 aliphatic heterocycles. The summed E-state index contributed by atoms with van der Waals surface area (Å²) < 4.78 is 13.4. The number of aryl methyl sites for hydroxylation is 1. The monoisotopic (exact) mass is 223 g/mol. The minimum Gasteiger partial charge on any atom is -0.309 e. The van der Waals surface area contributed by atoms with Gasteiger partial charge in [0.25, 0.3) is 0 Å². The Kier molecular flexibility index (Phi) is 4.94. The maximum absolute atomic E-state index is 13.4. The Hall–Kier alpha value is -0.890. The minimum absolute atomic E-state index is 0.106. The fraction of sp³-hybridized carbons (Fsp3) is 0.571. The molecular formula is C14H22FN. The van der Waals surface area contributed by atoms with E-state index in [1.165, 1.54) is 0 Å². The first kappa shape index (κ1) is 13.2. The van der Waals surface area contributed by atoms with Gasteiger partial charge >= 0.3 is 0 Å². The van der Waals surface area contributed by atoms with Crippen molar-refractivity contribution >= 4 is 0 Å². The van der Waals surface area contributed by atoms with E-state index in [1.807, 2.05) is 0 Å². The predicted molar refractivity (Wildman–Crippen MR) is 67.4 cm³/mol. The van der Waals surface area contributed by atoms with Gasteiger partial charge in [-0.2, -0.15) is 0 Å². The third-order valence-corrected chi connectivity index (χ3v) is 2.72. The van der Waals surface area contributed by atoms with Crippen molar-refractivity contribution in [3.8, 4) is 0 Å². The van der Waals surface area contributed by atoms with Gasteiger partial charge in [-0.05, 0) is 62.7 Å². The van der Waals surface area contributed by atoms with Gasteiger partial charge in [0.2, 0.25) is 0 Å². The van der Waals surface area contributed by atoms with Crippen LogP contribution in [0.1, 0.15) is 37.3 Å². The molecule has 0 atom stereocenters. The largest absolute Gasteiger partial charge is 0.309 e. The number of hydrogen-bond acceptors (Lipinski definition) is 1. The van der Waals surface area contributed by atoms with E-state index in [-0.39, 0.29) is 5.82 Å². The van der Waals surface area contributed by atoms with Gasteiger partial charge in [-0.3, -0.25) is 0 Å². The van der Waals surface area contributed by atoms with E-state index in [2.05, 4.69) is 38.9 Å². The van der Waals surface area contributed by atoms with Gasteiger partial charge in [0, 0.05) is 0 Å². The van der Waals surface area contributed by atoms with Crippen LogP contribution < -0.4 is 0 Å². The quantitative estimate of drug-likeness (QED) is 0.739. The molecule has 0 radical (unpaired) electrons. The van der Waals surface area contributed by atoms with Crippen molar-refractivity contribution in [2.24, 2.45) is 0 Å². The highest BCUT2D eigenvalue weighted by molar-refractivity contribution is 5.27. The molecule has 0 saturated carbocycles. The smallest absolute Gasteiger partial charge is 0.123 e. The molecule has 0 unspecified atom stereocenters. The minimum atomic E-state index is -0.106. The zero-order chi connectivity index (χ0) is 12.1. The summed E-state index contributed by atoms with van der Waals surface area (Å²) in [5, 5.41) is 0. The van der Waals surface area contributed by atoms with Crippen LogP contribution in [0.3, 0.4) is 0 Å². The Labute approximate surface area is 98.3 Å². The van der Waals surface area contributed by atoms with Crippen molar-refractivity contribution in [3.05, 3.63) is 35.1 Å². The van der Waals surface area contributed by atoms with Gasteiger partial charge in [0.15, 0.2) is 0 Å². The van der Waals surface area contributed by atoms with E-state index in [9.17, 15) is 4.39 Å². The molecule has 0 heterocycles. The third kappa shape index (κ3) is 4.31. The fourth-order valence-electron chi connectivity index (χ4n) is 1.75. The summed E-state index contributed by atoms with van der Waals surface area (Å²) in [5.74, 6) is 0.286. The fourth-order valence-corrected chi connectivity index (χ4v) is 1.75. The highest BCUT2D eigenvalue weighted by Gasteiger charge is 2.04. The Morgan fingerprint density at radius 2 is 1.88 bits per heavy atom. The second-order valence-electron chi connectivity index (χ2n) is 4.95. The number of benzene rings is 1. The highest BCUT2D eigenvalue weighted by atomic mass is 19.1. The van der Waals surface area contributed by atoms with E-state index in [0.29, 0.717) is 5.92 Å². The van der Waals surface area contributed by atoms with Gasteiger partial charge in [-0.25, -0.2) is 4.39 Å². The molecule has 0 N–H and O–H groups in total. The third-order valence-electron chi connectivity index (χ3n) is 2.72. The van der Waals surface area contributed by atoms with Gasteiger partial charge in [-0.15, -0.1) is 0 Å². The Bertz CT molecular complexity index is 332. The summed E-state index contributed by atoms with van der Waals surface area (Å²) in [6.45, 7) is 5.24. The summed E-state index contributed by atoms with van der Waals surface area (Å²) in [7, 11) is 4.12. The van der Waals surface area contributed by atoms with Crippen molar-refractivity contribution in [3.63, 3.8) is 0 Å². The number of nitrogens with zero attached hydrogens (tertiary/aromatic N) is 1. The molecule has 90 valence electrons. The van der Waals surface area contributed by atoms with Gasteiger partial charge in [0.1, 0.15) is 5.82 Å². The predicted octanol–water partition coefficient (Wildman–Crippen LogP) is 3.44. The normalized spacial score (nSPS) is 11.4. The van der Waals surface area contributed by atoms with Gasteiger partial charge in [0.05, 0.1) is 0 Å². The van der Waals surface area contributed by atoms with Crippen molar-refractivity contribution in [2.75, 3.05) is 20.6 Å². The summed E-state index contributed by atoms with van der Waals surface area (Å²) in [5.41, 5.74) is 2.21. The second-order valence-corrected chi connectivity index (χ2v) is 4.95. The molecule has 0 aliphatic carbocycles. The molecule has 0 bridgehead atoms. The molecule has 1 aromatic rings. The van der Waals surface area contributed by atoms with Crippen LogP contribution in [0.15, 0.2) is 18.2 Å². The number of hydrogen-bond donors (Lipinski definition) is 0. The van der Waals surface area contributed by atoms with Crippen molar-refractivity contribution in [1.29, 1.82) is 0 Å². The summed E-state index contributed by atoms with van der Waals surface area (Å²) >= 11 is 0. The lowest BCUT2D eigenvalue weighted by atomic mass is 9.98. The molecule has 0 spiro atoms. The van der Waals surface area contributed by atoms with E-state index in [1.54, 1.807) is 12.1 Å². The van der Waals surface area contributed by atoms with Crippen LogP contribution in [0.5, 0.6) is 0 Å². The average Bonchev–Trinajstić information content (AvgIpc) is 2.16. The molecule has 0 aliphatic rings. The van der Waals surface area contributed by atoms with E-state index in [0.717, 1.165) is 30.5 Å². The maximum atomic E-state index is 13.4.